The number of aryl methyl sites for hydroxylation is 1. The highest BCUT2D eigenvalue weighted by Crippen LogP contribution is 2.36. The molecule has 0 spiro atoms. The Hall–Kier alpha value is -2.25. The lowest BCUT2D eigenvalue weighted by Crippen LogP contribution is -2.13. The number of fused-ring (bicyclic) bond motifs is 1. The number of primary sulfonamides is 1. The first-order valence-electron chi connectivity index (χ1n) is 6.14. The van der Waals surface area contributed by atoms with Crippen molar-refractivity contribution < 1.29 is 22.6 Å². The molecule has 1 heterocycles. The molecule has 7 heteroatoms. The second kappa shape index (κ2) is 4.94. The fourth-order valence-electron chi connectivity index (χ4n) is 2.08. The highest BCUT2D eigenvalue weighted by atomic mass is 32.2. The van der Waals surface area contributed by atoms with Gasteiger partial charge in [0, 0.05) is 6.07 Å². The van der Waals surface area contributed by atoms with Gasteiger partial charge >= 0.3 is 0 Å². The SMILES string of the molecule is Cc1cc(Oc2ccc3c(c2)OCO3)ccc1S(N)(=O)=O. The fraction of sp³-hybridized carbons (Fsp3) is 0.143. The molecule has 6 nitrogen and oxygen atoms in total. The van der Waals surface area contributed by atoms with Crippen LogP contribution in [0.25, 0.3) is 0 Å². The van der Waals surface area contributed by atoms with E-state index < -0.39 is 10.0 Å². The molecule has 2 N–H and O–H groups in total. The Morgan fingerprint density at radius 2 is 1.71 bits per heavy atom. The van der Waals surface area contributed by atoms with Crippen LogP contribution in [0.3, 0.4) is 0 Å². The first kappa shape index (κ1) is 13.7. The zero-order valence-corrected chi connectivity index (χ0v) is 12.0. The van der Waals surface area contributed by atoms with Gasteiger partial charge in [-0.1, -0.05) is 0 Å². The lowest BCUT2D eigenvalue weighted by atomic mass is 10.2. The van der Waals surface area contributed by atoms with Crippen LogP contribution in [-0.4, -0.2) is 15.2 Å². The third kappa shape index (κ3) is 2.79. The van der Waals surface area contributed by atoms with Gasteiger partial charge in [-0.2, -0.15) is 0 Å². The maximum Gasteiger partial charge on any atom is 0.238 e. The summed E-state index contributed by atoms with van der Waals surface area (Å²) in [5.41, 5.74) is 0.524. The second-order valence-electron chi connectivity index (χ2n) is 4.59. The van der Waals surface area contributed by atoms with Gasteiger partial charge in [-0.15, -0.1) is 0 Å². The number of hydrogen-bond acceptors (Lipinski definition) is 5. The molecule has 0 saturated carbocycles. The molecule has 0 radical (unpaired) electrons. The van der Waals surface area contributed by atoms with Crippen molar-refractivity contribution in [2.75, 3.05) is 6.79 Å². The molecule has 3 rings (SSSR count). The van der Waals surface area contributed by atoms with Crippen LogP contribution in [-0.2, 0) is 10.0 Å². The smallest absolute Gasteiger partial charge is 0.238 e. The summed E-state index contributed by atoms with van der Waals surface area (Å²) in [5.74, 6) is 2.37. The van der Waals surface area contributed by atoms with Gasteiger partial charge in [0.05, 0.1) is 4.90 Å². The average molecular weight is 307 g/mol. The van der Waals surface area contributed by atoms with Gasteiger partial charge < -0.3 is 14.2 Å². The van der Waals surface area contributed by atoms with Gasteiger partial charge in [-0.25, -0.2) is 13.6 Å². The van der Waals surface area contributed by atoms with Crippen LogP contribution in [0.1, 0.15) is 5.56 Å². The number of rotatable bonds is 3. The van der Waals surface area contributed by atoms with E-state index in [0.717, 1.165) is 0 Å². The normalized spacial score (nSPS) is 13.2. The molecule has 0 aromatic heterocycles. The molecule has 0 amide bonds. The van der Waals surface area contributed by atoms with Crippen LogP contribution in [0, 0.1) is 6.92 Å². The monoisotopic (exact) mass is 307 g/mol. The quantitative estimate of drug-likeness (QED) is 0.938. The van der Waals surface area contributed by atoms with Crippen molar-refractivity contribution >= 4 is 10.0 Å². The minimum absolute atomic E-state index is 0.0838. The molecular formula is C14H13NO5S. The van der Waals surface area contributed by atoms with Crippen molar-refractivity contribution in [1.82, 2.24) is 0 Å². The van der Waals surface area contributed by atoms with Crippen LogP contribution in [0.2, 0.25) is 0 Å². The summed E-state index contributed by atoms with van der Waals surface area (Å²) in [7, 11) is -3.72. The molecule has 0 fully saturated rings. The largest absolute Gasteiger partial charge is 0.457 e. The Morgan fingerprint density at radius 3 is 2.43 bits per heavy atom. The summed E-state index contributed by atoms with van der Waals surface area (Å²) in [6.45, 7) is 1.85. The first-order chi connectivity index (χ1) is 9.93. The maximum atomic E-state index is 11.4. The molecule has 0 bridgehead atoms. The van der Waals surface area contributed by atoms with Crippen LogP contribution >= 0.6 is 0 Å². The van der Waals surface area contributed by atoms with Crippen molar-refractivity contribution in [1.29, 1.82) is 0 Å². The number of sulfonamides is 1. The third-order valence-electron chi connectivity index (χ3n) is 3.03. The Bertz CT molecular complexity index is 801. The molecule has 0 saturated heterocycles. The van der Waals surface area contributed by atoms with Gasteiger partial charge in [0.15, 0.2) is 11.5 Å². The van der Waals surface area contributed by atoms with Gasteiger partial charge in [0.1, 0.15) is 11.5 Å². The van der Waals surface area contributed by atoms with E-state index in [9.17, 15) is 8.42 Å². The molecule has 1 aliphatic heterocycles. The minimum atomic E-state index is -3.72. The molecular weight excluding hydrogens is 294 g/mol. The molecule has 21 heavy (non-hydrogen) atoms. The lowest BCUT2D eigenvalue weighted by Gasteiger charge is -2.09. The van der Waals surface area contributed by atoms with E-state index in [-0.39, 0.29) is 11.7 Å². The van der Waals surface area contributed by atoms with Gasteiger partial charge in [0.25, 0.3) is 0 Å². The average Bonchev–Trinajstić information content (AvgIpc) is 2.84. The van der Waals surface area contributed by atoms with Crippen LogP contribution < -0.4 is 19.3 Å². The van der Waals surface area contributed by atoms with E-state index in [2.05, 4.69) is 0 Å². The summed E-state index contributed by atoms with van der Waals surface area (Å²) in [4.78, 5) is 0.0838. The second-order valence-corrected chi connectivity index (χ2v) is 6.12. The maximum absolute atomic E-state index is 11.4. The topological polar surface area (TPSA) is 87.8 Å². The Kier molecular flexibility index (Phi) is 3.23. The number of nitrogens with two attached hydrogens (primary N) is 1. The van der Waals surface area contributed by atoms with Crippen molar-refractivity contribution in [3.05, 3.63) is 42.0 Å². The van der Waals surface area contributed by atoms with Gasteiger partial charge in [0.2, 0.25) is 16.8 Å². The molecule has 0 atom stereocenters. The third-order valence-corrected chi connectivity index (χ3v) is 4.10. The summed E-state index contributed by atoms with van der Waals surface area (Å²) in [5, 5.41) is 5.12. The van der Waals surface area contributed by atoms with Crippen molar-refractivity contribution in [3.63, 3.8) is 0 Å². The van der Waals surface area contributed by atoms with Gasteiger partial charge in [-0.05, 0) is 42.8 Å². The first-order valence-corrected chi connectivity index (χ1v) is 7.69. The zero-order chi connectivity index (χ0) is 15.0. The Labute approximate surface area is 122 Å². The fourth-order valence-corrected chi connectivity index (χ4v) is 2.85. The highest BCUT2D eigenvalue weighted by molar-refractivity contribution is 7.89. The van der Waals surface area contributed by atoms with Crippen LogP contribution in [0.4, 0.5) is 0 Å². The Balaban J connectivity index is 1.87. The standard InChI is InChI=1S/C14H13NO5S/c1-9-6-10(3-5-14(9)21(15,16)17)20-11-2-4-12-13(7-11)19-8-18-12/h2-7H,8H2,1H3,(H2,15,16,17). The van der Waals surface area contributed by atoms with E-state index >= 15 is 0 Å². The molecule has 2 aromatic rings. The summed E-state index contributed by atoms with van der Waals surface area (Å²) in [6, 6.07) is 9.81. The lowest BCUT2D eigenvalue weighted by molar-refractivity contribution is 0.174. The Morgan fingerprint density at radius 1 is 1.05 bits per heavy atom. The molecule has 110 valence electrons. The summed E-state index contributed by atoms with van der Waals surface area (Å²) < 4.78 is 38.9. The molecule has 0 unspecified atom stereocenters. The van der Waals surface area contributed by atoms with Crippen molar-refractivity contribution in [3.8, 4) is 23.0 Å². The van der Waals surface area contributed by atoms with E-state index in [4.69, 9.17) is 19.3 Å². The predicted molar refractivity (Wildman–Crippen MR) is 75.2 cm³/mol. The van der Waals surface area contributed by atoms with E-state index in [1.165, 1.54) is 6.07 Å². The summed E-state index contributed by atoms with van der Waals surface area (Å²) >= 11 is 0. The highest BCUT2D eigenvalue weighted by Gasteiger charge is 2.15. The van der Waals surface area contributed by atoms with Crippen molar-refractivity contribution in [2.45, 2.75) is 11.8 Å². The summed E-state index contributed by atoms with van der Waals surface area (Å²) in [6.07, 6.45) is 0. The zero-order valence-electron chi connectivity index (χ0n) is 11.2. The molecule has 0 aliphatic carbocycles. The van der Waals surface area contributed by atoms with E-state index in [1.54, 1.807) is 37.3 Å². The molecule has 1 aliphatic rings. The van der Waals surface area contributed by atoms with E-state index in [1.807, 2.05) is 0 Å². The molecule has 2 aromatic carbocycles. The van der Waals surface area contributed by atoms with Crippen LogP contribution in [0.15, 0.2) is 41.3 Å². The minimum Gasteiger partial charge on any atom is -0.457 e. The number of benzene rings is 2. The van der Waals surface area contributed by atoms with Crippen LogP contribution in [0.5, 0.6) is 23.0 Å². The number of ether oxygens (including phenoxy) is 3. The predicted octanol–water partition coefficient (Wildman–Crippen LogP) is 2.16. The van der Waals surface area contributed by atoms with Crippen molar-refractivity contribution in [2.24, 2.45) is 5.14 Å². The number of hydrogen-bond donors (Lipinski definition) is 1. The van der Waals surface area contributed by atoms with E-state index in [0.29, 0.717) is 28.6 Å². The van der Waals surface area contributed by atoms with Gasteiger partial charge in [-0.3, -0.25) is 0 Å².